The third-order valence-corrected chi connectivity index (χ3v) is 9.70. The lowest BCUT2D eigenvalue weighted by Crippen LogP contribution is -2.49. The van der Waals surface area contributed by atoms with Crippen LogP contribution >= 0.6 is 0 Å². The number of amides is 2. The summed E-state index contributed by atoms with van der Waals surface area (Å²) in [4.78, 5) is 42.5. The molecule has 0 radical (unpaired) electrons. The lowest BCUT2D eigenvalue weighted by molar-refractivity contribution is -0.151. The van der Waals surface area contributed by atoms with Crippen LogP contribution in [0.3, 0.4) is 0 Å². The lowest BCUT2D eigenvalue weighted by atomic mass is 9.91. The Morgan fingerprint density at radius 2 is 1.83 bits per heavy atom. The summed E-state index contributed by atoms with van der Waals surface area (Å²) >= 11 is 0. The molecule has 0 bridgehead atoms. The molecular formula is C40H50FN5O7. The quantitative estimate of drug-likeness (QED) is 0.220. The number of ether oxygens (including phenoxy) is 3. The van der Waals surface area contributed by atoms with Crippen molar-refractivity contribution in [2.45, 2.75) is 71.4 Å². The van der Waals surface area contributed by atoms with Gasteiger partial charge >= 0.3 is 12.1 Å². The number of aliphatic hydroxyl groups is 1. The Kier molecular flexibility index (Phi) is 13.7. The Morgan fingerprint density at radius 1 is 1.08 bits per heavy atom. The zero-order valence-corrected chi connectivity index (χ0v) is 30.8. The minimum Gasteiger partial charge on any atom is -0.497 e. The maximum atomic E-state index is 15.0. The SMILES string of the molecule is COc1ccc(CNC(=O)O[C@H]2/C=C\[C@@H](C)[C@H](/C(C)=C/c3cc(F)cc(N4CCN(C(=O)Cn5cccn5)CC4)c3)OC(=O)C[C@@H](O)CC[C@@H]2C)cc1. The maximum Gasteiger partial charge on any atom is 0.408 e. The molecule has 0 unspecified atom stereocenters. The molecule has 1 fully saturated rings. The van der Waals surface area contributed by atoms with Gasteiger partial charge in [-0.15, -0.1) is 0 Å². The summed E-state index contributed by atoms with van der Waals surface area (Å²) < 4.78 is 33.6. The molecule has 1 aromatic heterocycles. The van der Waals surface area contributed by atoms with Crippen LogP contribution in [-0.4, -0.2) is 89.4 Å². The van der Waals surface area contributed by atoms with E-state index >= 15 is 4.39 Å². The number of hydrogen-bond acceptors (Lipinski definition) is 9. The van der Waals surface area contributed by atoms with Crippen molar-refractivity contribution in [2.24, 2.45) is 11.8 Å². The fourth-order valence-corrected chi connectivity index (χ4v) is 6.59. The Balaban J connectivity index is 1.27. The molecule has 284 valence electrons. The summed E-state index contributed by atoms with van der Waals surface area (Å²) in [6, 6.07) is 13.9. The minimum atomic E-state index is -0.926. The summed E-state index contributed by atoms with van der Waals surface area (Å²) in [7, 11) is 1.59. The van der Waals surface area contributed by atoms with Crippen molar-refractivity contribution >= 4 is 29.7 Å². The van der Waals surface area contributed by atoms with Crippen LogP contribution in [0.4, 0.5) is 14.9 Å². The van der Waals surface area contributed by atoms with Crippen LogP contribution in [0, 0.1) is 17.7 Å². The number of nitrogens with one attached hydrogen (secondary N) is 1. The molecule has 13 heteroatoms. The van der Waals surface area contributed by atoms with Crippen molar-refractivity contribution in [1.82, 2.24) is 20.0 Å². The molecule has 3 aromatic rings. The third kappa shape index (κ3) is 11.4. The normalized spacial score (nSPS) is 23.6. The summed E-state index contributed by atoms with van der Waals surface area (Å²) in [6.45, 7) is 8.19. The van der Waals surface area contributed by atoms with E-state index in [1.54, 1.807) is 41.2 Å². The van der Waals surface area contributed by atoms with Gasteiger partial charge in [0.15, 0.2) is 0 Å². The predicted molar refractivity (Wildman–Crippen MR) is 198 cm³/mol. The number of methoxy groups -OCH3 is 1. The number of hydrogen-bond donors (Lipinski definition) is 2. The standard InChI is InChI=1S/C40H50FN5O7/c1-27-6-10-34(47)24-38(49)53-39(28(2)7-13-36(27)52-40(50)42-25-30-8-11-35(51-4)12-9-30)29(3)20-31-21-32(41)23-33(22-31)44-16-18-45(19-17-44)37(48)26-46-15-5-14-43-46/h5,7-9,11-15,20-23,27-28,34,36,39,47H,6,10,16-19,24-26H2,1-4H3,(H,42,50)/b13-7-,29-20+/t27-,28+,34-,36-,39+/m0/s1. The summed E-state index contributed by atoms with van der Waals surface area (Å²) in [5.74, 6) is -0.745. The largest absolute Gasteiger partial charge is 0.497 e. The number of cyclic esters (lactones) is 1. The average Bonchev–Trinajstić information content (AvgIpc) is 3.66. The fraction of sp³-hybridized carbons (Fsp3) is 0.450. The van der Waals surface area contributed by atoms with E-state index in [0.29, 0.717) is 55.8 Å². The van der Waals surface area contributed by atoms with E-state index in [2.05, 4.69) is 10.4 Å². The van der Waals surface area contributed by atoms with E-state index in [1.807, 2.05) is 68.2 Å². The molecule has 12 nitrogen and oxygen atoms in total. The van der Waals surface area contributed by atoms with Gasteiger partial charge in [-0.2, -0.15) is 5.10 Å². The van der Waals surface area contributed by atoms with Crippen LogP contribution in [0.2, 0.25) is 0 Å². The predicted octanol–water partition coefficient (Wildman–Crippen LogP) is 5.36. The fourth-order valence-electron chi connectivity index (χ4n) is 6.59. The summed E-state index contributed by atoms with van der Waals surface area (Å²) in [6.07, 6.45) is 6.68. The van der Waals surface area contributed by atoms with E-state index < -0.39 is 36.2 Å². The first kappa shape index (κ1) is 39.0. The molecule has 2 aliphatic heterocycles. The molecule has 3 heterocycles. The Bertz CT molecular complexity index is 1740. The summed E-state index contributed by atoms with van der Waals surface area (Å²) in [5.41, 5.74) is 2.84. The van der Waals surface area contributed by atoms with Gasteiger partial charge in [-0.05, 0) is 84.9 Å². The molecule has 5 rings (SSSR count). The van der Waals surface area contributed by atoms with Crippen molar-refractivity contribution < 1.29 is 38.1 Å². The smallest absolute Gasteiger partial charge is 0.408 e. The van der Waals surface area contributed by atoms with Gasteiger partial charge in [0.1, 0.15) is 30.3 Å². The second kappa shape index (κ2) is 18.5. The molecule has 2 N–H and O–H groups in total. The van der Waals surface area contributed by atoms with Crippen molar-refractivity contribution in [3.05, 3.63) is 95.6 Å². The average molecular weight is 732 g/mol. The van der Waals surface area contributed by atoms with Gasteiger partial charge < -0.3 is 34.4 Å². The number of halogens is 1. The molecule has 5 atom stereocenters. The number of rotatable bonds is 9. The first-order valence-electron chi connectivity index (χ1n) is 18.1. The van der Waals surface area contributed by atoms with Crippen LogP contribution in [0.1, 0.15) is 51.2 Å². The zero-order chi connectivity index (χ0) is 37.9. The molecule has 2 aromatic carbocycles. The van der Waals surface area contributed by atoms with Gasteiger partial charge in [0.2, 0.25) is 5.91 Å². The van der Waals surface area contributed by atoms with E-state index in [9.17, 15) is 19.5 Å². The third-order valence-electron chi connectivity index (χ3n) is 9.70. The molecule has 0 aliphatic carbocycles. The molecule has 2 aliphatic rings. The number of nitrogens with zero attached hydrogens (tertiary/aromatic N) is 4. The zero-order valence-electron chi connectivity index (χ0n) is 30.8. The van der Waals surface area contributed by atoms with Crippen molar-refractivity contribution in [3.8, 4) is 5.75 Å². The van der Waals surface area contributed by atoms with E-state index in [4.69, 9.17) is 14.2 Å². The first-order valence-corrected chi connectivity index (χ1v) is 18.1. The topological polar surface area (TPSA) is 135 Å². The number of aliphatic hydroxyl groups excluding tert-OH is 1. The van der Waals surface area contributed by atoms with Crippen molar-refractivity contribution in [3.63, 3.8) is 0 Å². The van der Waals surface area contributed by atoms with Crippen molar-refractivity contribution in [1.29, 1.82) is 0 Å². The van der Waals surface area contributed by atoms with Gasteiger partial charge in [0.25, 0.3) is 0 Å². The van der Waals surface area contributed by atoms with E-state index in [-0.39, 0.29) is 37.3 Å². The second-order valence-electron chi connectivity index (χ2n) is 13.8. The van der Waals surface area contributed by atoms with Crippen LogP contribution in [0.5, 0.6) is 5.75 Å². The molecule has 2 amide bonds. The molecular weight excluding hydrogens is 681 g/mol. The highest BCUT2D eigenvalue weighted by Crippen LogP contribution is 2.27. The van der Waals surface area contributed by atoms with Crippen LogP contribution in [0.15, 0.2) is 78.6 Å². The number of benzene rings is 2. The van der Waals surface area contributed by atoms with Crippen LogP contribution in [-0.2, 0) is 32.2 Å². The van der Waals surface area contributed by atoms with Crippen LogP contribution < -0.4 is 15.0 Å². The number of alkyl carbamates (subject to hydrolysis) is 1. The summed E-state index contributed by atoms with van der Waals surface area (Å²) in [5, 5.41) is 17.6. The van der Waals surface area contributed by atoms with Gasteiger partial charge in [0, 0.05) is 56.7 Å². The number of aromatic nitrogens is 2. The second-order valence-corrected chi connectivity index (χ2v) is 13.8. The highest BCUT2D eigenvalue weighted by molar-refractivity contribution is 5.76. The molecule has 0 spiro atoms. The van der Waals surface area contributed by atoms with Gasteiger partial charge in [-0.25, -0.2) is 9.18 Å². The number of anilines is 1. The molecule has 0 saturated carbocycles. The minimum absolute atomic E-state index is 0.0190. The van der Waals surface area contributed by atoms with Crippen molar-refractivity contribution in [2.75, 3.05) is 38.2 Å². The van der Waals surface area contributed by atoms with Crippen LogP contribution in [0.25, 0.3) is 6.08 Å². The molecule has 53 heavy (non-hydrogen) atoms. The monoisotopic (exact) mass is 731 g/mol. The maximum absolute atomic E-state index is 15.0. The Hall–Kier alpha value is -5.17. The van der Waals surface area contributed by atoms with Gasteiger partial charge in [0.05, 0.1) is 19.6 Å². The highest BCUT2D eigenvalue weighted by atomic mass is 19.1. The highest BCUT2D eigenvalue weighted by Gasteiger charge is 2.28. The van der Waals surface area contributed by atoms with E-state index in [1.165, 1.54) is 12.1 Å². The molecule has 1 saturated heterocycles. The van der Waals surface area contributed by atoms with Gasteiger partial charge in [-0.3, -0.25) is 14.3 Å². The number of piperazine rings is 1. The Labute approximate surface area is 310 Å². The van der Waals surface area contributed by atoms with Gasteiger partial charge in [-0.1, -0.05) is 38.1 Å². The number of carbonyl (C=O) groups is 3. The lowest BCUT2D eigenvalue weighted by Gasteiger charge is -2.36. The first-order chi connectivity index (χ1) is 25.5. The number of esters is 1. The Morgan fingerprint density at radius 3 is 2.53 bits per heavy atom. The number of carbonyl (C=O) groups excluding carboxylic acids is 3. The van der Waals surface area contributed by atoms with E-state index in [0.717, 1.165) is 11.3 Å².